The fourth-order valence-electron chi connectivity index (χ4n) is 1.73. The topological polar surface area (TPSA) is 60.4 Å². The Morgan fingerprint density at radius 1 is 0.947 bits per heavy atom. The number of aliphatic hydroxyl groups excluding tert-OH is 1. The molecule has 0 aromatic rings. The summed E-state index contributed by atoms with van der Waals surface area (Å²) in [7, 11) is 4.97. The molecular formula is C13H29NO5. The number of ether oxygens (including phenoxy) is 4. The zero-order chi connectivity index (χ0) is 14.5. The summed E-state index contributed by atoms with van der Waals surface area (Å²) >= 11 is 0. The van der Waals surface area contributed by atoms with Crippen LogP contribution in [0.1, 0.15) is 6.92 Å². The fourth-order valence-corrected chi connectivity index (χ4v) is 1.73. The van der Waals surface area contributed by atoms with Gasteiger partial charge in [0, 0.05) is 40.5 Å². The molecule has 2 atom stereocenters. The van der Waals surface area contributed by atoms with Gasteiger partial charge in [-0.1, -0.05) is 0 Å². The normalized spacial score (nSPS) is 14.8. The monoisotopic (exact) mass is 279 g/mol. The number of aliphatic hydroxyl groups is 1. The van der Waals surface area contributed by atoms with E-state index in [1.54, 1.807) is 21.3 Å². The molecule has 0 saturated carbocycles. The average molecular weight is 279 g/mol. The first-order valence-corrected chi connectivity index (χ1v) is 6.62. The fraction of sp³-hybridized carbons (Fsp3) is 1.00. The van der Waals surface area contributed by atoms with Gasteiger partial charge in [-0.3, -0.25) is 4.90 Å². The second kappa shape index (κ2) is 12.8. The molecule has 0 radical (unpaired) electrons. The van der Waals surface area contributed by atoms with Crippen molar-refractivity contribution in [2.24, 2.45) is 0 Å². The van der Waals surface area contributed by atoms with Gasteiger partial charge in [0.25, 0.3) is 0 Å². The Morgan fingerprint density at radius 3 is 2.21 bits per heavy atom. The first kappa shape index (κ1) is 18.8. The van der Waals surface area contributed by atoms with E-state index in [2.05, 4.69) is 11.8 Å². The Morgan fingerprint density at radius 2 is 1.63 bits per heavy atom. The Kier molecular flexibility index (Phi) is 12.6. The van der Waals surface area contributed by atoms with E-state index < -0.39 is 6.10 Å². The number of methoxy groups -OCH3 is 3. The number of nitrogens with zero attached hydrogens (tertiary/aromatic N) is 1. The van der Waals surface area contributed by atoms with Crippen LogP contribution < -0.4 is 0 Å². The van der Waals surface area contributed by atoms with Gasteiger partial charge in [0.15, 0.2) is 0 Å². The van der Waals surface area contributed by atoms with Gasteiger partial charge in [0.05, 0.1) is 39.1 Å². The molecule has 0 aliphatic rings. The third kappa shape index (κ3) is 10.2. The molecule has 2 unspecified atom stereocenters. The van der Waals surface area contributed by atoms with Gasteiger partial charge in [-0.05, 0) is 6.92 Å². The van der Waals surface area contributed by atoms with Crippen molar-refractivity contribution >= 4 is 0 Å². The predicted octanol–water partition coefficient (Wildman–Crippen LogP) is -0.00640. The standard InChI is InChI=1S/C13H29NO5/c1-12(10-18-4)14(5-6-16-2)9-13(15)11-19-8-7-17-3/h12-13,15H,5-11H2,1-4H3. The van der Waals surface area contributed by atoms with Crippen molar-refractivity contribution in [3.05, 3.63) is 0 Å². The van der Waals surface area contributed by atoms with Crippen molar-refractivity contribution in [3.63, 3.8) is 0 Å². The molecule has 0 aromatic carbocycles. The number of rotatable bonds is 13. The van der Waals surface area contributed by atoms with Gasteiger partial charge >= 0.3 is 0 Å². The molecule has 0 aliphatic heterocycles. The Bertz CT molecular complexity index is 194. The summed E-state index contributed by atoms with van der Waals surface area (Å²) in [6.45, 7) is 5.98. The van der Waals surface area contributed by atoms with Crippen LogP contribution in [0.25, 0.3) is 0 Å². The first-order valence-electron chi connectivity index (χ1n) is 6.62. The van der Waals surface area contributed by atoms with Gasteiger partial charge in [-0.2, -0.15) is 0 Å². The van der Waals surface area contributed by atoms with Crippen LogP contribution in [0.4, 0.5) is 0 Å². The molecule has 0 heterocycles. The van der Waals surface area contributed by atoms with Crippen LogP contribution in [-0.2, 0) is 18.9 Å². The summed E-state index contributed by atoms with van der Waals surface area (Å²) in [5.41, 5.74) is 0. The summed E-state index contributed by atoms with van der Waals surface area (Å²) < 4.78 is 20.4. The first-order chi connectivity index (χ1) is 9.15. The van der Waals surface area contributed by atoms with Crippen molar-refractivity contribution in [1.29, 1.82) is 0 Å². The van der Waals surface area contributed by atoms with Gasteiger partial charge in [-0.15, -0.1) is 0 Å². The predicted molar refractivity (Wildman–Crippen MR) is 73.5 cm³/mol. The summed E-state index contributed by atoms with van der Waals surface area (Å²) in [5.74, 6) is 0. The number of hydrogen-bond acceptors (Lipinski definition) is 6. The minimum atomic E-state index is -0.520. The quantitative estimate of drug-likeness (QED) is 0.479. The van der Waals surface area contributed by atoms with Crippen molar-refractivity contribution < 1.29 is 24.1 Å². The molecule has 0 rings (SSSR count). The minimum absolute atomic E-state index is 0.230. The molecular weight excluding hydrogens is 250 g/mol. The lowest BCUT2D eigenvalue weighted by atomic mass is 10.2. The zero-order valence-corrected chi connectivity index (χ0v) is 12.6. The van der Waals surface area contributed by atoms with Crippen LogP contribution >= 0.6 is 0 Å². The van der Waals surface area contributed by atoms with E-state index in [-0.39, 0.29) is 6.04 Å². The van der Waals surface area contributed by atoms with Gasteiger partial charge < -0.3 is 24.1 Å². The minimum Gasteiger partial charge on any atom is -0.389 e. The van der Waals surface area contributed by atoms with Crippen LogP contribution in [0.2, 0.25) is 0 Å². The lowest BCUT2D eigenvalue weighted by molar-refractivity contribution is -0.0153. The molecule has 0 saturated heterocycles. The van der Waals surface area contributed by atoms with E-state index in [0.717, 1.165) is 6.54 Å². The highest BCUT2D eigenvalue weighted by atomic mass is 16.5. The molecule has 0 aliphatic carbocycles. The molecule has 0 spiro atoms. The van der Waals surface area contributed by atoms with Crippen LogP contribution in [-0.4, -0.2) is 89.6 Å². The smallest absolute Gasteiger partial charge is 0.0900 e. The highest BCUT2D eigenvalue weighted by Crippen LogP contribution is 2.02. The molecule has 0 fully saturated rings. The lowest BCUT2D eigenvalue weighted by Gasteiger charge is -2.30. The number of hydrogen-bond donors (Lipinski definition) is 1. The molecule has 1 N–H and O–H groups in total. The second-order valence-corrected chi connectivity index (χ2v) is 4.51. The summed E-state index contributed by atoms with van der Waals surface area (Å²) in [5, 5.41) is 9.95. The van der Waals surface area contributed by atoms with Crippen molar-refractivity contribution in [1.82, 2.24) is 4.90 Å². The third-order valence-corrected chi connectivity index (χ3v) is 2.80. The molecule has 116 valence electrons. The third-order valence-electron chi connectivity index (χ3n) is 2.80. The summed E-state index contributed by atoms with van der Waals surface area (Å²) in [6.07, 6.45) is -0.520. The highest BCUT2D eigenvalue weighted by Gasteiger charge is 2.17. The van der Waals surface area contributed by atoms with E-state index in [4.69, 9.17) is 18.9 Å². The van der Waals surface area contributed by atoms with Crippen LogP contribution in [0.15, 0.2) is 0 Å². The van der Waals surface area contributed by atoms with E-state index in [0.29, 0.717) is 39.6 Å². The molecule has 19 heavy (non-hydrogen) atoms. The zero-order valence-electron chi connectivity index (χ0n) is 12.6. The van der Waals surface area contributed by atoms with Crippen molar-refractivity contribution in [2.45, 2.75) is 19.1 Å². The lowest BCUT2D eigenvalue weighted by Crippen LogP contribution is -2.44. The largest absolute Gasteiger partial charge is 0.389 e. The molecule has 6 nitrogen and oxygen atoms in total. The van der Waals surface area contributed by atoms with Crippen molar-refractivity contribution in [3.8, 4) is 0 Å². The summed E-state index contributed by atoms with van der Waals surface area (Å²) in [4.78, 5) is 2.14. The second-order valence-electron chi connectivity index (χ2n) is 4.51. The van der Waals surface area contributed by atoms with Gasteiger partial charge in [0.1, 0.15) is 0 Å². The van der Waals surface area contributed by atoms with Crippen LogP contribution in [0.5, 0.6) is 0 Å². The Hall–Kier alpha value is -0.240. The molecule has 0 aromatic heterocycles. The Labute approximate surface area is 116 Å². The maximum absolute atomic E-state index is 9.95. The van der Waals surface area contributed by atoms with Gasteiger partial charge in [0.2, 0.25) is 0 Å². The van der Waals surface area contributed by atoms with Crippen molar-refractivity contribution in [2.75, 3.05) is 67.5 Å². The molecule has 0 amide bonds. The summed E-state index contributed by atoms with van der Waals surface area (Å²) in [6, 6.07) is 0.230. The maximum Gasteiger partial charge on any atom is 0.0900 e. The van der Waals surface area contributed by atoms with Crippen LogP contribution in [0, 0.1) is 0 Å². The van der Waals surface area contributed by atoms with E-state index in [1.807, 2.05) is 0 Å². The van der Waals surface area contributed by atoms with E-state index in [9.17, 15) is 5.11 Å². The van der Waals surface area contributed by atoms with Gasteiger partial charge in [-0.25, -0.2) is 0 Å². The maximum atomic E-state index is 9.95. The molecule has 6 heteroatoms. The Balaban J connectivity index is 3.99. The molecule has 0 bridgehead atoms. The van der Waals surface area contributed by atoms with E-state index >= 15 is 0 Å². The van der Waals surface area contributed by atoms with E-state index in [1.165, 1.54) is 0 Å². The van der Waals surface area contributed by atoms with Crippen LogP contribution in [0.3, 0.4) is 0 Å². The average Bonchev–Trinajstić information content (AvgIpc) is 2.39. The highest BCUT2D eigenvalue weighted by molar-refractivity contribution is 4.70. The SMILES string of the molecule is COCCOCC(O)CN(CCOC)C(C)COC.